The van der Waals surface area contributed by atoms with Crippen LogP contribution in [0.15, 0.2) is 23.4 Å². The van der Waals surface area contributed by atoms with Crippen LogP contribution < -0.4 is 0 Å². The van der Waals surface area contributed by atoms with Crippen molar-refractivity contribution >= 4 is 23.6 Å². The molecule has 110 valence electrons. The van der Waals surface area contributed by atoms with Crippen molar-refractivity contribution in [1.82, 2.24) is 9.88 Å². The van der Waals surface area contributed by atoms with Crippen molar-refractivity contribution < 1.29 is 14.7 Å². The van der Waals surface area contributed by atoms with Crippen molar-refractivity contribution in [3.8, 4) is 0 Å². The van der Waals surface area contributed by atoms with Crippen LogP contribution in [0.25, 0.3) is 0 Å². The molecule has 0 saturated carbocycles. The maximum Gasteiger partial charge on any atom is 0.337 e. The lowest BCUT2D eigenvalue weighted by molar-refractivity contribution is -0.131. The van der Waals surface area contributed by atoms with E-state index in [0.717, 1.165) is 0 Å². The number of carbonyl (C=O) groups excluding carboxylic acids is 1. The minimum atomic E-state index is -1.00. The largest absolute Gasteiger partial charge is 0.478 e. The predicted molar refractivity (Wildman–Crippen MR) is 79.0 cm³/mol. The van der Waals surface area contributed by atoms with Gasteiger partial charge in [0.1, 0.15) is 0 Å². The minimum absolute atomic E-state index is 0.0594. The quantitative estimate of drug-likeness (QED) is 0.817. The molecule has 1 heterocycles. The summed E-state index contributed by atoms with van der Waals surface area (Å²) in [6.45, 7) is 7.95. The van der Waals surface area contributed by atoms with Gasteiger partial charge in [0.2, 0.25) is 5.91 Å². The summed E-state index contributed by atoms with van der Waals surface area (Å²) in [5.74, 6) is -0.643. The van der Waals surface area contributed by atoms with Crippen LogP contribution in [0.4, 0.5) is 0 Å². The maximum absolute atomic E-state index is 12.2. The van der Waals surface area contributed by atoms with Crippen molar-refractivity contribution in [1.29, 1.82) is 0 Å². The third kappa shape index (κ3) is 4.52. The van der Waals surface area contributed by atoms with E-state index in [1.165, 1.54) is 24.0 Å². The number of nitrogens with zero attached hydrogens (tertiary/aromatic N) is 2. The highest BCUT2D eigenvalue weighted by atomic mass is 32.2. The van der Waals surface area contributed by atoms with Crippen molar-refractivity contribution in [2.75, 3.05) is 5.75 Å². The lowest BCUT2D eigenvalue weighted by Gasteiger charge is -2.30. The van der Waals surface area contributed by atoms with Gasteiger partial charge in [-0.2, -0.15) is 0 Å². The molecule has 1 N–H and O–H groups in total. The molecule has 0 atom stereocenters. The monoisotopic (exact) mass is 296 g/mol. The molecular formula is C14H20N2O3S. The third-order valence-corrected chi connectivity index (χ3v) is 3.66. The molecule has 0 bridgehead atoms. The summed E-state index contributed by atoms with van der Waals surface area (Å²) >= 11 is 1.32. The van der Waals surface area contributed by atoms with Crippen molar-refractivity contribution in [3.63, 3.8) is 0 Å². The van der Waals surface area contributed by atoms with E-state index in [9.17, 15) is 9.59 Å². The average molecular weight is 296 g/mol. The van der Waals surface area contributed by atoms with Gasteiger partial charge in [-0.3, -0.25) is 4.79 Å². The Morgan fingerprint density at radius 3 is 2.25 bits per heavy atom. The molecule has 0 aliphatic carbocycles. The van der Waals surface area contributed by atoms with Crippen molar-refractivity contribution in [2.45, 2.75) is 44.8 Å². The first kappa shape index (κ1) is 16.5. The molecule has 1 aromatic rings. The van der Waals surface area contributed by atoms with Gasteiger partial charge < -0.3 is 10.0 Å². The highest BCUT2D eigenvalue weighted by Gasteiger charge is 2.20. The number of hydrogen-bond acceptors (Lipinski definition) is 4. The summed E-state index contributed by atoms with van der Waals surface area (Å²) in [5.41, 5.74) is 0.145. The zero-order valence-electron chi connectivity index (χ0n) is 12.2. The van der Waals surface area contributed by atoms with E-state index < -0.39 is 5.97 Å². The number of thioether (sulfide) groups is 1. The fraction of sp³-hybridized carbons (Fsp3) is 0.500. The van der Waals surface area contributed by atoms with Gasteiger partial charge in [0.05, 0.1) is 16.3 Å². The first-order valence-corrected chi connectivity index (χ1v) is 7.44. The van der Waals surface area contributed by atoms with E-state index in [-0.39, 0.29) is 23.6 Å². The molecule has 0 fully saturated rings. The van der Waals surface area contributed by atoms with Gasteiger partial charge in [-0.25, -0.2) is 9.78 Å². The van der Waals surface area contributed by atoms with Gasteiger partial charge >= 0.3 is 5.97 Å². The Kier molecular flexibility index (Phi) is 6.01. The van der Waals surface area contributed by atoms with E-state index in [4.69, 9.17) is 5.11 Å². The van der Waals surface area contributed by atoms with Gasteiger partial charge in [0.15, 0.2) is 0 Å². The number of pyridine rings is 1. The molecule has 20 heavy (non-hydrogen) atoms. The molecule has 0 aromatic carbocycles. The highest BCUT2D eigenvalue weighted by molar-refractivity contribution is 7.99. The first-order chi connectivity index (χ1) is 9.32. The summed E-state index contributed by atoms with van der Waals surface area (Å²) in [6, 6.07) is 3.43. The molecular weight excluding hydrogens is 276 g/mol. The number of amides is 1. The van der Waals surface area contributed by atoms with Crippen LogP contribution in [-0.2, 0) is 4.79 Å². The van der Waals surface area contributed by atoms with Crippen LogP contribution in [0.5, 0.6) is 0 Å². The Morgan fingerprint density at radius 2 is 1.85 bits per heavy atom. The van der Waals surface area contributed by atoms with E-state index in [1.807, 2.05) is 32.6 Å². The second-order valence-corrected chi connectivity index (χ2v) is 5.96. The fourth-order valence-corrected chi connectivity index (χ4v) is 2.69. The van der Waals surface area contributed by atoms with Crippen LogP contribution in [0.3, 0.4) is 0 Å². The third-order valence-electron chi connectivity index (χ3n) is 2.73. The van der Waals surface area contributed by atoms with Crippen molar-refractivity contribution in [2.24, 2.45) is 0 Å². The Bertz CT molecular complexity index is 464. The van der Waals surface area contributed by atoms with E-state index >= 15 is 0 Å². The molecule has 1 amide bonds. The summed E-state index contributed by atoms with van der Waals surface area (Å²) in [7, 11) is 0. The summed E-state index contributed by atoms with van der Waals surface area (Å²) in [5, 5.41) is 9.43. The first-order valence-electron chi connectivity index (χ1n) is 6.46. The Morgan fingerprint density at radius 1 is 1.25 bits per heavy atom. The molecule has 0 aliphatic heterocycles. The fourth-order valence-electron chi connectivity index (χ4n) is 1.97. The SMILES string of the molecule is CC(C)N(C(=O)CSc1ccc(C(=O)O)cn1)C(C)C. The normalized spacial score (nSPS) is 10.9. The predicted octanol–water partition coefficient (Wildman–Crippen LogP) is 2.52. The maximum atomic E-state index is 12.2. The molecule has 1 rings (SSSR count). The smallest absolute Gasteiger partial charge is 0.337 e. The summed E-state index contributed by atoms with van der Waals surface area (Å²) in [6.07, 6.45) is 1.30. The molecule has 0 spiro atoms. The molecule has 0 aliphatic rings. The number of aromatic carboxylic acids is 1. The van der Waals surface area contributed by atoms with Gasteiger partial charge in [0, 0.05) is 18.3 Å². The molecule has 6 heteroatoms. The van der Waals surface area contributed by atoms with E-state index in [1.54, 1.807) is 6.07 Å². The summed E-state index contributed by atoms with van der Waals surface area (Å²) in [4.78, 5) is 28.7. The zero-order valence-corrected chi connectivity index (χ0v) is 13.0. The van der Waals surface area contributed by atoms with Crippen LogP contribution in [0.2, 0.25) is 0 Å². The molecule has 5 nitrogen and oxygen atoms in total. The number of hydrogen-bond donors (Lipinski definition) is 1. The van der Waals surface area contributed by atoms with Gasteiger partial charge in [-0.05, 0) is 39.8 Å². The van der Waals surface area contributed by atoms with Gasteiger partial charge in [0.25, 0.3) is 0 Å². The molecule has 0 unspecified atom stereocenters. The van der Waals surface area contributed by atoms with Crippen LogP contribution in [0.1, 0.15) is 38.1 Å². The Hall–Kier alpha value is -1.56. The van der Waals surface area contributed by atoms with Crippen LogP contribution in [0, 0.1) is 0 Å². The highest BCUT2D eigenvalue weighted by Crippen LogP contribution is 2.17. The molecule has 1 aromatic heterocycles. The number of carbonyl (C=O) groups is 2. The standard InChI is InChI=1S/C14H20N2O3S/c1-9(2)16(10(3)4)13(17)8-20-12-6-5-11(7-15-12)14(18)19/h5-7,9-10H,8H2,1-4H3,(H,18,19). The zero-order chi connectivity index (χ0) is 15.3. The average Bonchev–Trinajstić information content (AvgIpc) is 2.36. The minimum Gasteiger partial charge on any atom is -0.478 e. The second kappa shape index (κ2) is 7.28. The van der Waals surface area contributed by atoms with Gasteiger partial charge in [-0.15, -0.1) is 0 Å². The topological polar surface area (TPSA) is 70.5 Å². The number of aromatic nitrogens is 1. The van der Waals surface area contributed by atoms with E-state index in [2.05, 4.69) is 4.98 Å². The van der Waals surface area contributed by atoms with Crippen LogP contribution in [-0.4, -0.2) is 44.7 Å². The second-order valence-electron chi connectivity index (χ2n) is 4.97. The van der Waals surface area contributed by atoms with Crippen LogP contribution >= 0.6 is 11.8 Å². The molecule has 0 saturated heterocycles. The number of rotatable bonds is 6. The number of carboxylic acid groups (broad SMARTS) is 1. The summed E-state index contributed by atoms with van der Waals surface area (Å²) < 4.78 is 0. The van der Waals surface area contributed by atoms with Gasteiger partial charge in [-0.1, -0.05) is 11.8 Å². The number of carboxylic acids is 1. The Labute approximate surface area is 123 Å². The Balaban J connectivity index is 2.62. The molecule has 0 radical (unpaired) electrons. The lowest BCUT2D eigenvalue weighted by atomic mass is 10.2. The van der Waals surface area contributed by atoms with Crippen molar-refractivity contribution in [3.05, 3.63) is 23.9 Å². The lowest BCUT2D eigenvalue weighted by Crippen LogP contribution is -2.43. The van der Waals surface area contributed by atoms with E-state index in [0.29, 0.717) is 10.8 Å².